The highest BCUT2D eigenvalue weighted by Crippen LogP contribution is 2.28. The van der Waals surface area contributed by atoms with Gasteiger partial charge >= 0.3 is 0 Å². The number of rotatable bonds is 7. The molecule has 0 spiro atoms. The first kappa shape index (κ1) is 18.4. The number of benzene rings is 1. The molecule has 2 heterocycles. The van der Waals surface area contributed by atoms with Gasteiger partial charge in [0.25, 0.3) is 0 Å². The van der Waals surface area contributed by atoms with Crippen LogP contribution in [0.25, 0.3) is 11.4 Å². The van der Waals surface area contributed by atoms with Gasteiger partial charge in [-0.3, -0.25) is 4.79 Å². The molecule has 6 heteroatoms. The zero-order valence-electron chi connectivity index (χ0n) is 15.6. The van der Waals surface area contributed by atoms with Gasteiger partial charge in [-0.15, -0.1) is 0 Å². The molecule has 2 aromatic rings. The van der Waals surface area contributed by atoms with Gasteiger partial charge in [0.2, 0.25) is 17.6 Å². The number of methoxy groups -OCH3 is 1. The number of likely N-dealkylation sites (tertiary alicyclic amines) is 1. The molecule has 0 saturated carbocycles. The van der Waals surface area contributed by atoms with E-state index < -0.39 is 0 Å². The van der Waals surface area contributed by atoms with Crippen LogP contribution < -0.4 is 4.74 Å². The van der Waals surface area contributed by atoms with Crippen LogP contribution in [0.5, 0.6) is 5.75 Å². The van der Waals surface area contributed by atoms with Crippen LogP contribution in [0.3, 0.4) is 0 Å². The molecule has 0 radical (unpaired) electrons. The SMILES string of the molecule is CCCCCC(=O)N1CCC[C@H](c2nc(-c3ccc(OC)cc3)no2)C1. The Kier molecular flexibility index (Phi) is 6.26. The number of carbonyl (C=O) groups is 1. The minimum Gasteiger partial charge on any atom is -0.497 e. The van der Waals surface area contributed by atoms with Crippen molar-refractivity contribution in [2.24, 2.45) is 0 Å². The Morgan fingerprint density at radius 2 is 2.12 bits per heavy atom. The highest BCUT2D eigenvalue weighted by molar-refractivity contribution is 5.76. The standard InChI is InChI=1S/C20H27N3O3/c1-3-4-5-8-18(24)23-13-6-7-16(14-23)20-21-19(22-26-20)15-9-11-17(25-2)12-10-15/h9-12,16H,3-8,13-14H2,1-2H3/t16-/m0/s1. The molecule has 6 nitrogen and oxygen atoms in total. The predicted molar refractivity (Wildman–Crippen MR) is 99.0 cm³/mol. The quantitative estimate of drug-likeness (QED) is 0.700. The first-order valence-corrected chi connectivity index (χ1v) is 9.47. The number of unbranched alkanes of at least 4 members (excludes halogenated alkanes) is 2. The Morgan fingerprint density at radius 3 is 2.85 bits per heavy atom. The monoisotopic (exact) mass is 357 g/mol. The van der Waals surface area contributed by atoms with Crippen LogP contribution in [0, 0.1) is 0 Å². The van der Waals surface area contributed by atoms with Crippen LogP contribution in [0.4, 0.5) is 0 Å². The van der Waals surface area contributed by atoms with E-state index in [1.165, 1.54) is 0 Å². The van der Waals surface area contributed by atoms with Gasteiger partial charge in [-0.2, -0.15) is 4.98 Å². The van der Waals surface area contributed by atoms with Crippen molar-refractivity contribution in [1.29, 1.82) is 0 Å². The highest BCUT2D eigenvalue weighted by atomic mass is 16.5. The second kappa shape index (κ2) is 8.83. The Labute approximate surface area is 154 Å². The Balaban J connectivity index is 1.63. The van der Waals surface area contributed by atoms with Crippen molar-refractivity contribution >= 4 is 5.91 Å². The third-order valence-corrected chi connectivity index (χ3v) is 4.91. The van der Waals surface area contributed by atoms with Gasteiger partial charge in [0.05, 0.1) is 13.0 Å². The topological polar surface area (TPSA) is 68.5 Å². The van der Waals surface area contributed by atoms with Crippen LogP contribution in [0.15, 0.2) is 28.8 Å². The van der Waals surface area contributed by atoms with E-state index in [1.807, 2.05) is 29.2 Å². The molecule has 26 heavy (non-hydrogen) atoms. The summed E-state index contributed by atoms with van der Waals surface area (Å²) in [5.41, 5.74) is 0.893. The summed E-state index contributed by atoms with van der Waals surface area (Å²) in [4.78, 5) is 18.9. The molecule has 140 valence electrons. The summed E-state index contributed by atoms with van der Waals surface area (Å²) >= 11 is 0. The Morgan fingerprint density at radius 1 is 1.31 bits per heavy atom. The smallest absolute Gasteiger partial charge is 0.231 e. The summed E-state index contributed by atoms with van der Waals surface area (Å²) in [7, 11) is 1.64. The second-order valence-corrected chi connectivity index (χ2v) is 6.82. The number of aromatic nitrogens is 2. The van der Waals surface area contributed by atoms with E-state index in [1.54, 1.807) is 7.11 Å². The maximum absolute atomic E-state index is 12.4. The average Bonchev–Trinajstić information content (AvgIpc) is 3.18. The first-order valence-electron chi connectivity index (χ1n) is 9.47. The van der Waals surface area contributed by atoms with E-state index in [9.17, 15) is 4.79 Å². The lowest BCUT2D eigenvalue weighted by Crippen LogP contribution is -2.39. The van der Waals surface area contributed by atoms with Crippen molar-refractivity contribution < 1.29 is 14.1 Å². The third kappa shape index (κ3) is 4.42. The van der Waals surface area contributed by atoms with Gasteiger partial charge in [0, 0.05) is 25.1 Å². The van der Waals surface area contributed by atoms with Crippen LogP contribution in [-0.4, -0.2) is 41.1 Å². The molecule has 1 amide bonds. The number of hydrogen-bond donors (Lipinski definition) is 0. The zero-order valence-corrected chi connectivity index (χ0v) is 15.6. The molecule has 3 rings (SSSR count). The Bertz CT molecular complexity index is 711. The van der Waals surface area contributed by atoms with E-state index in [0.29, 0.717) is 24.7 Å². The van der Waals surface area contributed by atoms with Crippen molar-refractivity contribution in [1.82, 2.24) is 15.0 Å². The minimum atomic E-state index is 0.123. The molecule has 1 aromatic heterocycles. The molecule has 1 aliphatic rings. The van der Waals surface area contributed by atoms with E-state index in [0.717, 1.165) is 50.0 Å². The molecule has 1 aromatic carbocycles. The maximum Gasteiger partial charge on any atom is 0.231 e. The van der Waals surface area contributed by atoms with Crippen LogP contribution >= 0.6 is 0 Å². The minimum absolute atomic E-state index is 0.123. The number of ether oxygens (including phenoxy) is 1. The number of nitrogens with zero attached hydrogens (tertiary/aromatic N) is 3. The molecule has 0 N–H and O–H groups in total. The van der Waals surface area contributed by atoms with Gasteiger partial charge < -0.3 is 14.2 Å². The van der Waals surface area contributed by atoms with Crippen LogP contribution in [0.2, 0.25) is 0 Å². The summed E-state index contributed by atoms with van der Waals surface area (Å²) in [6.45, 7) is 3.66. The average molecular weight is 357 g/mol. The highest BCUT2D eigenvalue weighted by Gasteiger charge is 2.28. The second-order valence-electron chi connectivity index (χ2n) is 6.82. The fourth-order valence-corrected chi connectivity index (χ4v) is 3.35. The van der Waals surface area contributed by atoms with Gasteiger partial charge in [-0.1, -0.05) is 24.9 Å². The fourth-order valence-electron chi connectivity index (χ4n) is 3.35. The normalized spacial score (nSPS) is 17.3. The summed E-state index contributed by atoms with van der Waals surface area (Å²) in [6.07, 6.45) is 5.80. The first-order chi connectivity index (χ1) is 12.7. The summed E-state index contributed by atoms with van der Waals surface area (Å²) in [5, 5.41) is 4.12. The molecule has 1 fully saturated rings. The van der Waals surface area contributed by atoms with E-state index in [2.05, 4.69) is 17.1 Å². The maximum atomic E-state index is 12.4. The molecule has 0 unspecified atom stereocenters. The largest absolute Gasteiger partial charge is 0.497 e. The van der Waals surface area contributed by atoms with Crippen molar-refractivity contribution in [2.75, 3.05) is 20.2 Å². The van der Waals surface area contributed by atoms with Crippen molar-refractivity contribution in [3.63, 3.8) is 0 Å². The molecule has 0 bridgehead atoms. The molecular formula is C20H27N3O3. The number of hydrogen-bond acceptors (Lipinski definition) is 5. The molecule has 0 aliphatic carbocycles. The number of amides is 1. The Hall–Kier alpha value is -2.37. The lowest BCUT2D eigenvalue weighted by molar-refractivity contribution is -0.132. The van der Waals surface area contributed by atoms with Crippen LogP contribution in [-0.2, 0) is 4.79 Å². The lowest BCUT2D eigenvalue weighted by atomic mass is 9.97. The van der Waals surface area contributed by atoms with Crippen molar-refractivity contribution in [2.45, 2.75) is 51.4 Å². The van der Waals surface area contributed by atoms with E-state index in [4.69, 9.17) is 9.26 Å². The molecule has 1 saturated heterocycles. The predicted octanol–water partition coefficient (Wildman–Crippen LogP) is 4.03. The molecule has 1 atom stereocenters. The summed E-state index contributed by atoms with van der Waals surface area (Å²) < 4.78 is 10.7. The van der Waals surface area contributed by atoms with Gasteiger partial charge in [0.1, 0.15) is 5.75 Å². The molecule has 1 aliphatic heterocycles. The summed E-state index contributed by atoms with van der Waals surface area (Å²) in [5.74, 6) is 2.37. The van der Waals surface area contributed by atoms with Gasteiger partial charge in [0.15, 0.2) is 0 Å². The van der Waals surface area contributed by atoms with E-state index in [-0.39, 0.29) is 11.8 Å². The van der Waals surface area contributed by atoms with Crippen molar-refractivity contribution in [3.8, 4) is 17.1 Å². The van der Waals surface area contributed by atoms with Gasteiger partial charge in [-0.25, -0.2) is 0 Å². The number of carbonyl (C=O) groups excluding carboxylic acids is 1. The van der Waals surface area contributed by atoms with Gasteiger partial charge in [-0.05, 0) is 43.5 Å². The number of piperidine rings is 1. The van der Waals surface area contributed by atoms with Crippen molar-refractivity contribution in [3.05, 3.63) is 30.2 Å². The summed E-state index contributed by atoms with van der Waals surface area (Å²) in [6, 6.07) is 7.58. The zero-order chi connectivity index (χ0) is 18.4. The fraction of sp³-hybridized carbons (Fsp3) is 0.550. The van der Waals surface area contributed by atoms with E-state index >= 15 is 0 Å². The molecular weight excluding hydrogens is 330 g/mol. The third-order valence-electron chi connectivity index (χ3n) is 4.91. The lowest BCUT2D eigenvalue weighted by Gasteiger charge is -2.31. The van der Waals surface area contributed by atoms with Crippen LogP contribution in [0.1, 0.15) is 57.3 Å².